The van der Waals surface area contributed by atoms with E-state index in [1.54, 1.807) is 5.57 Å². The molecule has 0 saturated heterocycles. The molecule has 2 rings (SSSR count). The van der Waals surface area contributed by atoms with Gasteiger partial charge in [0, 0.05) is 0 Å². The van der Waals surface area contributed by atoms with Crippen molar-refractivity contribution in [3.8, 4) is 0 Å². The molecule has 17 heavy (non-hydrogen) atoms. The molecule has 0 heterocycles. The Labute approximate surface area is 107 Å². The molecule has 2 aliphatic carbocycles. The number of hydrogen-bond acceptors (Lipinski definition) is 0. The lowest BCUT2D eigenvalue weighted by atomic mass is 9.59. The third-order valence-corrected chi connectivity index (χ3v) is 5.47. The van der Waals surface area contributed by atoms with Crippen LogP contribution in [0.25, 0.3) is 5.32 Å². The molecule has 0 bridgehead atoms. The van der Waals surface area contributed by atoms with Crippen LogP contribution in [0, 0.1) is 17.3 Å². The summed E-state index contributed by atoms with van der Waals surface area (Å²) < 4.78 is 0. The summed E-state index contributed by atoms with van der Waals surface area (Å²) in [5.41, 5.74) is 2.38. The summed E-state index contributed by atoms with van der Waals surface area (Å²) in [6, 6.07) is 0. The van der Waals surface area contributed by atoms with Crippen LogP contribution < -0.4 is 0 Å². The van der Waals surface area contributed by atoms with E-state index in [4.69, 9.17) is 0 Å². The maximum atomic E-state index is 4.58. The largest absolute Gasteiger partial charge is 0.659 e. The monoisotopic (exact) mass is 234 g/mol. The van der Waals surface area contributed by atoms with Gasteiger partial charge in [-0.15, -0.1) is 5.54 Å². The number of fused-ring (bicyclic) bond motifs is 1. The molecule has 98 valence electrons. The van der Waals surface area contributed by atoms with Gasteiger partial charge in [-0.1, -0.05) is 45.8 Å². The van der Waals surface area contributed by atoms with Crippen LogP contribution in [0.4, 0.5) is 0 Å². The normalized spacial score (nSPS) is 38.5. The maximum Gasteiger partial charge on any atom is -0.0113 e. The lowest BCUT2D eigenvalue weighted by Crippen LogP contribution is -2.38. The van der Waals surface area contributed by atoms with Crippen LogP contribution in [-0.2, 0) is 0 Å². The lowest BCUT2D eigenvalue weighted by Gasteiger charge is -2.51. The molecule has 0 aromatic rings. The minimum Gasteiger partial charge on any atom is -0.659 e. The molecule has 1 nitrogen and oxygen atoms in total. The van der Waals surface area contributed by atoms with E-state index in [0.717, 1.165) is 5.92 Å². The molecule has 0 spiro atoms. The summed E-state index contributed by atoms with van der Waals surface area (Å²) in [6.07, 6.45) is 9.49. The van der Waals surface area contributed by atoms with Crippen molar-refractivity contribution in [2.45, 2.75) is 65.3 Å². The van der Waals surface area contributed by atoms with E-state index < -0.39 is 0 Å². The molecule has 1 fully saturated rings. The van der Waals surface area contributed by atoms with Crippen LogP contribution in [0.15, 0.2) is 11.6 Å². The van der Waals surface area contributed by atoms with Gasteiger partial charge in [0.2, 0.25) is 0 Å². The minimum absolute atomic E-state index is 0.117. The average Bonchev–Trinajstić information content (AvgIpc) is 2.28. The van der Waals surface area contributed by atoms with Gasteiger partial charge in [-0.05, 0) is 42.9 Å². The van der Waals surface area contributed by atoms with Gasteiger partial charge in [0.05, 0.1) is 0 Å². The Morgan fingerprint density at radius 1 is 1.29 bits per heavy atom. The smallest absolute Gasteiger partial charge is 0.0113 e. The SMILES string of the molecule is C[N-]C(C)(C)[C@@H]1C=C2[C@@H](C)CCC[C@@]2(C)CC1. The van der Waals surface area contributed by atoms with Crippen LogP contribution in [0.3, 0.4) is 0 Å². The van der Waals surface area contributed by atoms with E-state index in [-0.39, 0.29) is 5.54 Å². The van der Waals surface area contributed by atoms with Crippen molar-refractivity contribution in [3.05, 3.63) is 17.0 Å². The fourth-order valence-corrected chi connectivity index (χ4v) is 3.83. The highest BCUT2D eigenvalue weighted by Crippen LogP contribution is 2.52. The van der Waals surface area contributed by atoms with E-state index in [0.29, 0.717) is 11.3 Å². The second kappa shape index (κ2) is 4.42. The zero-order valence-electron chi connectivity index (χ0n) is 12.2. The quantitative estimate of drug-likeness (QED) is 0.601. The van der Waals surface area contributed by atoms with Crippen LogP contribution in [0.2, 0.25) is 0 Å². The van der Waals surface area contributed by atoms with Gasteiger partial charge in [-0.25, -0.2) is 0 Å². The van der Waals surface area contributed by atoms with Gasteiger partial charge in [0.25, 0.3) is 0 Å². The molecule has 0 amide bonds. The molecule has 1 heteroatoms. The van der Waals surface area contributed by atoms with Gasteiger partial charge in [0.15, 0.2) is 0 Å². The fourth-order valence-electron chi connectivity index (χ4n) is 3.83. The Bertz CT molecular complexity index is 315. The summed E-state index contributed by atoms with van der Waals surface area (Å²) in [6.45, 7) is 9.47. The molecule has 0 aromatic heterocycles. The first kappa shape index (κ1) is 13.1. The zero-order chi connectivity index (χ0) is 12.7. The van der Waals surface area contributed by atoms with Gasteiger partial charge >= 0.3 is 0 Å². The summed E-state index contributed by atoms with van der Waals surface area (Å²) >= 11 is 0. The van der Waals surface area contributed by atoms with Crippen molar-refractivity contribution >= 4 is 0 Å². The van der Waals surface area contributed by atoms with Crippen molar-refractivity contribution in [3.63, 3.8) is 0 Å². The third-order valence-electron chi connectivity index (χ3n) is 5.47. The molecule has 2 aliphatic rings. The Morgan fingerprint density at radius 2 is 2.00 bits per heavy atom. The summed E-state index contributed by atoms with van der Waals surface area (Å²) in [5.74, 6) is 1.44. The molecule has 0 unspecified atom stereocenters. The van der Waals surface area contributed by atoms with E-state index in [9.17, 15) is 0 Å². The van der Waals surface area contributed by atoms with Crippen LogP contribution in [0.1, 0.15) is 59.8 Å². The Morgan fingerprint density at radius 3 is 2.65 bits per heavy atom. The molecule has 0 radical (unpaired) electrons. The zero-order valence-corrected chi connectivity index (χ0v) is 12.2. The molecular weight excluding hydrogens is 206 g/mol. The second-order valence-corrected chi connectivity index (χ2v) is 7.00. The fraction of sp³-hybridized carbons (Fsp3) is 0.875. The lowest BCUT2D eigenvalue weighted by molar-refractivity contribution is 0.197. The average molecular weight is 234 g/mol. The third kappa shape index (κ3) is 2.31. The standard InChI is InChI=1S/C16H28N/c1-12-7-6-9-16(4)10-8-13(11-14(12)16)15(2,3)17-5/h11-13H,6-10H2,1-5H3/q-1/t12-,13-,16-/m0/s1. The molecular formula is C16H28N-. The maximum absolute atomic E-state index is 4.58. The Hall–Kier alpha value is -0.300. The number of hydrogen-bond donors (Lipinski definition) is 0. The molecule has 0 aromatic carbocycles. The van der Waals surface area contributed by atoms with Gasteiger partial charge in [0.1, 0.15) is 0 Å². The van der Waals surface area contributed by atoms with E-state index in [1.807, 2.05) is 7.05 Å². The van der Waals surface area contributed by atoms with Gasteiger partial charge in [-0.2, -0.15) is 7.05 Å². The highest BCUT2D eigenvalue weighted by atomic mass is 14.9. The highest BCUT2D eigenvalue weighted by Gasteiger charge is 2.39. The number of rotatable bonds is 2. The van der Waals surface area contributed by atoms with Crippen LogP contribution >= 0.6 is 0 Å². The first-order chi connectivity index (χ1) is 7.89. The predicted octanol–water partition coefficient (Wildman–Crippen LogP) is 4.93. The van der Waals surface area contributed by atoms with Crippen LogP contribution in [0.5, 0.6) is 0 Å². The van der Waals surface area contributed by atoms with Gasteiger partial charge < -0.3 is 5.32 Å². The Kier molecular flexibility index (Phi) is 3.42. The first-order valence-electron chi connectivity index (χ1n) is 7.22. The minimum atomic E-state index is 0.117. The van der Waals surface area contributed by atoms with Crippen molar-refractivity contribution in [1.29, 1.82) is 0 Å². The van der Waals surface area contributed by atoms with E-state index in [2.05, 4.69) is 39.1 Å². The van der Waals surface area contributed by atoms with Crippen molar-refractivity contribution in [2.75, 3.05) is 7.05 Å². The summed E-state index contributed by atoms with van der Waals surface area (Å²) in [4.78, 5) is 0. The van der Waals surface area contributed by atoms with Crippen molar-refractivity contribution in [1.82, 2.24) is 0 Å². The number of nitrogens with zero attached hydrogens (tertiary/aromatic N) is 1. The van der Waals surface area contributed by atoms with Crippen molar-refractivity contribution < 1.29 is 0 Å². The highest BCUT2D eigenvalue weighted by molar-refractivity contribution is 5.26. The number of allylic oxidation sites excluding steroid dienone is 1. The summed E-state index contributed by atoms with van der Waals surface area (Å²) in [7, 11) is 1.97. The second-order valence-electron chi connectivity index (χ2n) is 7.00. The first-order valence-corrected chi connectivity index (χ1v) is 7.22. The van der Waals surface area contributed by atoms with E-state index >= 15 is 0 Å². The predicted molar refractivity (Wildman–Crippen MR) is 75.3 cm³/mol. The molecule has 3 atom stereocenters. The van der Waals surface area contributed by atoms with Gasteiger partial charge in [-0.3, -0.25) is 0 Å². The Balaban J connectivity index is 2.28. The molecule has 0 N–H and O–H groups in total. The topological polar surface area (TPSA) is 14.1 Å². The van der Waals surface area contributed by atoms with E-state index in [1.165, 1.54) is 32.1 Å². The molecule has 1 saturated carbocycles. The van der Waals surface area contributed by atoms with Crippen LogP contribution in [-0.4, -0.2) is 12.6 Å². The van der Waals surface area contributed by atoms with Crippen molar-refractivity contribution in [2.24, 2.45) is 17.3 Å². The molecule has 0 aliphatic heterocycles. The summed E-state index contributed by atoms with van der Waals surface area (Å²) in [5, 5.41) is 4.58.